The summed E-state index contributed by atoms with van der Waals surface area (Å²) < 4.78 is 15.7. The predicted octanol–water partition coefficient (Wildman–Crippen LogP) is 5.08. The molecule has 168 valence electrons. The Balaban J connectivity index is 0.000000285. The second-order valence-corrected chi connectivity index (χ2v) is 8.33. The van der Waals surface area contributed by atoms with Crippen molar-refractivity contribution in [3.05, 3.63) is 71.8 Å². The number of carbonyl (C=O) groups excluding carboxylic acids is 2. The van der Waals surface area contributed by atoms with Gasteiger partial charge in [-0.05, 0) is 51.3 Å². The first-order chi connectivity index (χ1) is 14.8. The fourth-order valence-electron chi connectivity index (χ4n) is 3.15. The van der Waals surface area contributed by atoms with Crippen LogP contribution in [0, 0.1) is 0 Å². The van der Waals surface area contributed by atoms with E-state index >= 15 is 0 Å². The quantitative estimate of drug-likeness (QED) is 0.623. The van der Waals surface area contributed by atoms with Crippen molar-refractivity contribution in [3.63, 3.8) is 0 Å². The highest BCUT2D eigenvalue weighted by atomic mass is 16.6. The summed E-state index contributed by atoms with van der Waals surface area (Å²) in [6.07, 6.45) is 1.76. The number of carbonyl (C=O) groups is 2. The van der Waals surface area contributed by atoms with Crippen LogP contribution in [-0.4, -0.2) is 48.9 Å². The van der Waals surface area contributed by atoms with Crippen LogP contribution in [0.2, 0.25) is 0 Å². The van der Waals surface area contributed by atoms with Crippen molar-refractivity contribution < 1.29 is 23.8 Å². The smallest absolute Gasteiger partial charge is 0.410 e. The van der Waals surface area contributed by atoms with E-state index in [0.29, 0.717) is 18.8 Å². The lowest BCUT2D eigenvalue weighted by atomic mass is 10.2. The van der Waals surface area contributed by atoms with E-state index in [4.69, 9.17) is 9.47 Å². The van der Waals surface area contributed by atoms with E-state index in [0.717, 1.165) is 24.9 Å². The molecule has 1 fully saturated rings. The average molecular weight is 428 g/mol. The molecule has 6 heteroatoms. The van der Waals surface area contributed by atoms with Gasteiger partial charge in [-0.15, -0.1) is 0 Å². The van der Waals surface area contributed by atoms with Gasteiger partial charge in [-0.25, -0.2) is 9.59 Å². The van der Waals surface area contributed by atoms with Crippen LogP contribution in [0.3, 0.4) is 0 Å². The third-order valence-corrected chi connectivity index (χ3v) is 4.62. The van der Waals surface area contributed by atoms with E-state index in [2.05, 4.69) is 4.74 Å². The molecular formula is C25H33NO5. The molecule has 0 N–H and O–H groups in total. The zero-order chi connectivity index (χ0) is 22.7. The van der Waals surface area contributed by atoms with Gasteiger partial charge in [0.05, 0.1) is 31.9 Å². The number of rotatable bonds is 5. The minimum absolute atomic E-state index is 0.128. The Morgan fingerprint density at radius 1 is 1.00 bits per heavy atom. The number of nitrogens with zero attached hydrogens (tertiary/aromatic N) is 1. The Labute approximate surface area is 185 Å². The summed E-state index contributed by atoms with van der Waals surface area (Å²) in [5.41, 5.74) is 1.29. The van der Waals surface area contributed by atoms with Crippen molar-refractivity contribution in [2.45, 2.75) is 51.9 Å². The topological polar surface area (TPSA) is 65.1 Å². The lowest BCUT2D eigenvalue weighted by Gasteiger charge is -2.28. The fourth-order valence-corrected chi connectivity index (χ4v) is 3.15. The van der Waals surface area contributed by atoms with Crippen LogP contribution in [0.5, 0.6) is 0 Å². The van der Waals surface area contributed by atoms with Crippen molar-refractivity contribution >= 4 is 12.1 Å². The van der Waals surface area contributed by atoms with Gasteiger partial charge in [0.2, 0.25) is 0 Å². The SMILES string of the molecule is CC(C)(C)OC(=O)N1CCCC1COCc1ccccc1.COC(=O)c1ccccc1. The molecule has 0 aliphatic carbocycles. The van der Waals surface area contributed by atoms with Crippen molar-refractivity contribution in [3.8, 4) is 0 Å². The van der Waals surface area contributed by atoms with Gasteiger partial charge in [-0.2, -0.15) is 0 Å². The molecule has 0 saturated carbocycles. The Bertz CT molecular complexity index is 802. The highest BCUT2D eigenvalue weighted by Crippen LogP contribution is 2.21. The first-order valence-corrected chi connectivity index (χ1v) is 10.5. The average Bonchev–Trinajstić information content (AvgIpc) is 3.23. The molecule has 1 unspecified atom stereocenters. The summed E-state index contributed by atoms with van der Waals surface area (Å²) in [4.78, 5) is 24.7. The monoisotopic (exact) mass is 427 g/mol. The number of amides is 1. The van der Waals surface area contributed by atoms with Crippen molar-refractivity contribution in [2.75, 3.05) is 20.3 Å². The lowest BCUT2D eigenvalue weighted by Crippen LogP contribution is -2.41. The van der Waals surface area contributed by atoms with Gasteiger partial charge in [0.15, 0.2) is 0 Å². The molecule has 31 heavy (non-hydrogen) atoms. The van der Waals surface area contributed by atoms with Gasteiger partial charge in [0.25, 0.3) is 0 Å². The molecule has 6 nitrogen and oxygen atoms in total. The van der Waals surface area contributed by atoms with Gasteiger partial charge in [-0.3, -0.25) is 0 Å². The molecule has 1 heterocycles. The van der Waals surface area contributed by atoms with Gasteiger partial charge in [0.1, 0.15) is 5.60 Å². The fraction of sp³-hybridized carbons (Fsp3) is 0.440. The summed E-state index contributed by atoms with van der Waals surface area (Å²) in [5.74, 6) is -0.291. The van der Waals surface area contributed by atoms with Gasteiger partial charge in [0, 0.05) is 6.54 Å². The van der Waals surface area contributed by atoms with E-state index < -0.39 is 5.60 Å². The van der Waals surface area contributed by atoms with Gasteiger partial charge < -0.3 is 19.1 Å². The third kappa shape index (κ3) is 8.80. The molecule has 0 bridgehead atoms. The van der Waals surface area contributed by atoms with E-state index in [1.54, 1.807) is 29.2 Å². The summed E-state index contributed by atoms with van der Waals surface area (Å²) >= 11 is 0. The molecule has 1 aliphatic rings. The molecular weight excluding hydrogens is 394 g/mol. The molecule has 2 aromatic carbocycles. The van der Waals surface area contributed by atoms with Gasteiger partial charge >= 0.3 is 12.1 Å². The van der Waals surface area contributed by atoms with Crippen LogP contribution < -0.4 is 0 Å². The largest absolute Gasteiger partial charge is 0.465 e. The predicted molar refractivity (Wildman–Crippen MR) is 120 cm³/mol. The molecule has 1 amide bonds. The lowest BCUT2D eigenvalue weighted by molar-refractivity contribution is 0.00882. The minimum atomic E-state index is -0.449. The third-order valence-electron chi connectivity index (χ3n) is 4.62. The van der Waals surface area contributed by atoms with E-state index in [-0.39, 0.29) is 18.1 Å². The van der Waals surface area contributed by atoms with Crippen LogP contribution in [0.15, 0.2) is 60.7 Å². The highest BCUT2D eigenvalue weighted by Gasteiger charge is 2.32. The van der Waals surface area contributed by atoms with Crippen LogP contribution in [-0.2, 0) is 20.8 Å². The second kappa shape index (κ2) is 12.1. The maximum Gasteiger partial charge on any atom is 0.410 e. The van der Waals surface area contributed by atoms with E-state index in [9.17, 15) is 9.59 Å². The molecule has 0 aromatic heterocycles. The van der Waals surface area contributed by atoms with Crippen molar-refractivity contribution in [2.24, 2.45) is 0 Å². The molecule has 3 rings (SSSR count). The minimum Gasteiger partial charge on any atom is -0.465 e. The van der Waals surface area contributed by atoms with E-state index in [1.807, 2.05) is 57.2 Å². The maximum absolute atomic E-state index is 12.2. The maximum atomic E-state index is 12.2. The molecule has 1 atom stereocenters. The molecule has 1 saturated heterocycles. The first kappa shape index (κ1) is 24.4. The zero-order valence-electron chi connectivity index (χ0n) is 18.9. The Kier molecular flexibility index (Phi) is 9.53. The van der Waals surface area contributed by atoms with Crippen LogP contribution in [0.1, 0.15) is 49.5 Å². The first-order valence-electron chi connectivity index (χ1n) is 10.5. The Hall–Kier alpha value is -2.86. The number of likely N-dealkylation sites (tertiary alicyclic amines) is 1. The Morgan fingerprint density at radius 2 is 1.61 bits per heavy atom. The second-order valence-electron chi connectivity index (χ2n) is 8.33. The normalized spacial score (nSPS) is 15.6. The number of esters is 1. The Morgan fingerprint density at radius 3 is 2.19 bits per heavy atom. The molecule has 0 radical (unpaired) electrons. The highest BCUT2D eigenvalue weighted by molar-refractivity contribution is 5.89. The summed E-state index contributed by atoms with van der Waals surface area (Å²) in [6.45, 7) is 7.58. The molecule has 1 aliphatic heterocycles. The standard InChI is InChI=1S/C17H25NO3.C8H8O2/c1-17(2,3)21-16(19)18-11-7-10-15(18)13-20-12-14-8-5-4-6-9-14;1-10-8(9)7-5-3-2-4-6-7/h4-6,8-9,15H,7,10-13H2,1-3H3;2-6H,1H3. The van der Waals surface area contributed by atoms with Crippen molar-refractivity contribution in [1.29, 1.82) is 0 Å². The zero-order valence-corrected chi connectivity index (χ0v) is 18.9. The van der Waals surface area contributed by atoms with Crippen LogP contribution in [0.4, 0.5) is 4.79 Å². The van der Waals surface area contributed by atoms with E-state index in [1.165, 1.54) is 7.11 Å². The molecule has 0 spiro atoms. The molecule has 2 aromatic rings. The number of benzene rings is 2. The number of hydrogen-bond donors (Lipinski definition) is 0. The summed E-state index contributed by atoms with van der Waals surface area (Å²) in [6, 6.07) is 19.1. The van der Waals surface area contributed by atoms with Gasteiger partial charge in [-0.1, -0.05) is 48.5 Å². The number of methoxy groups -OCH3 is 1. The van der Waals surface area contributed by atoms with Crippen molar-refractivity contribution in [1.82, 2.24) is 4.90 Å². The summed E-state index contributed by atoms with van der Waals surface area (Å²) in [7, 11) is 1.37. The summed E-state index contributed by atoms with van der Waals surface area (Å²) in [5, 5.41) is 0. The van der Waals surface area contributed by atoms with Crippen LogP contribution in [0.25, 0.3) is 0 Å². The number of ether oxygens (including phenoxy) is 3. The number of hydrogen-bond acceptors (Lipinski definition) is 5. The van der Waals surface area contributed by atoms with Crippen LogP contribution >= 0.6 is 0 Å².